The molecule has 0 saturated carbocycles. The van der Waals surface area contributed by atoms with E-state index in [1.165, 1.54) is 16.6 Å². The normalized spacial score (nSPS) is 14.3. The van der Waals surface area contributed by atoms with E-state index in [2.05, 4.69) is 49.4 Å². The quantitative estimate of drug-likeness (QED) is 0.365. The van der Waals surface area contributed by atoms with Crippen LogP contribution in [0.3, 0.4) is 0 Å². The topological polar surface area (TPSA) is 92.3 Å². The Morgan fingerprint density at radius 1 is 1.00 bits per heavy atom. The molecule has 0 radical (unpaired) electrons. The lowest BCUT2D eigenvalue weighted by molar-refractivity contribution is 0.313. The van der Waals surface area contributed by atoms with Crippen LogP contribution in [-0.4, -0.2) is 57.9 Å². The average Bonchev–Trinajstić information content (AvgIpc) is 3.45. The van der Waals surface area contributed by atoms with E-state index >= 15 is 0 Å². The van der Waals surface area contributed by atoms with Gasteiger partial charge in [-0.25, -0.2) is 9.97 Å². The largest absolute Gasteiger partial charge is 0.472 e. The highest BCUT2D eigenvalue weighted by molar-refractivity contribution is 6.32. The van der Waals surface area contributed by atoms with Crippen molar-refractivity contribution in [3.8, 4) is 16.9 Å². The number of nitrogens with one attached hydrogen (secondary N) is 1. The van der Waals surface area contributed by atoms with Crippen molar-refractivity contribution in [3.05, 3.63) is 88.7 Å². The number of aromatic nitrogens is 4. The van der Waals surface area contributed by atoms with E-state index < -0.39 is 0 Å². The van der Waals surface area contributed by atoms with Gasteiger partial charge < -0.3 is 19.5 Å². The van der Waals surface area contributed by atoms with Gasteiger partial charge in [0, 0.05) is 49.3 Å². The van der Waals surface area contributed by atoms with Crippen molar-refractivity contribution in [1.82, 2.24) is 24.6 Å². The second-order valence-corrected chi connectivity index (χ2v) is 9.35. The van der Waals surface area contributed by atoms with Crippen LogP contribution in [0, 0.1) is 0 Å². The molecule has 1 N–H and O–H groups in total. The molecule has 37 heavy (non-hydrogen) atoms. The number of likely N-dealkylation sites (N-methyl/N-ethyl adjacent to an activating group) is 1. The molecule has 6 rings (SSSR count). The number of nitrogens with zero attached hydrogens (tertiary/aromatic N) is 6. The Morgan fingerprint density at radius 3 is 2.51 bits per heavy atom. The van der Waals surface area contributed by atoms with Gasteiger partial charge in [-0.05, 0) is 49.5 Å². The zero-order valence-corrected chi connectivity index (χ0v) is 20.9. The number of para-hydroxylation sites is 1. The molecule has 2 aromatic carbocycles. The molecule has 0 bridgehead atoms. The van der Waals surface area contributed by atoms with Gasteiger partial charge in [0.15, 0.2) is 0 Å². The number of hydrogen-bond donors (Lipinski definition) is 1. The molecule has 4 heterocycles. The Hall–Kier alpha value is -4.21. The summed E-state index contributed by atoms with van der Waals surface area (Å²) in [5.74, 6) is 0.362. The fourth-order valence-electron chi connectivity index (χ4n) is 4.42. The minimum absolute atomic E-state index is 0.321. The number of hydrogen-bond acceptors (Lipinski definition) is 8. The summed E-state index contributed by atoms with van der Waals surface area (Å²) in [4.78, 5) is 27.2. The van der Waals surface area contributed by atoms with Crippen molar-refractivity contribution < 1.29 is 4.42 Å². The fourth-order valence-corrected chi connectivity index (χ4v) is 4.63. The second-order valence-electron chi connectivity index (χ2n) is 8.95. The Balaban J connectivity index is 1.37. The van der Waals surface area contributed by atoms with Crippen molar-refractivity contribution in [1.29, 1.82) is 0 Å². The van der Waals surface area contributed by atoms with Gasteiger partial charge in [-0.15, -0.1) is 0 Å². The molecule has 186 valence electrons. The number of benzene rings is 2. The summed E-state index contributed by atoms with van der Waals surface area (Å²) in [5.41, 5.74) is 3.73. The molecule has 0 spiro atoms. The molecule has 0 unspecified atom stereocenters. The van der Waals surface area contributed by atoms with Gasteiger partial charge in [0.25, 0.3) is 5.56 Å². The van der Waals surface area contributed by atoms with Gasteiger partial charge in [0.2, 0.25) is 5.95 Å². The number of halogens is 1. The minimum Gasteiger partial charge on any atom is -0.472 e. The zero-order chi connectivity index (χ0) is 25.4. The highest BCUT2D eigenvalue weighted by Gasteiger charge is 2.18. The predicted molar refractivity (Wildman–Crippen MR) is 145 cm³/mol. The molecule has 1 saturated heterocycles. The molecule has 10 heteroatoms. The summed E-state index contributed by atoms with van der Waals surface area (Å²) >= 11 is 6.38. The summed E-state index contributed by atoms with van der Waals surface area (Å²) in [5, 5.41) is 8.61. The van der Waals surface area contributed by atoms with Crippen molar-refractivity contribution in [2.75, 3.05) is 43.4 Å². The van der Waals surface area contributed by atoms with Gasteiger partial charge >= 0.3 is 0 Å². The fraction of sp³-hybridized carbons (Fsp3) is 0.185. The van der Waals surface area contributed by atoms with Crippen molar-refractivity contribution >= 4 is 39.8 Å². The molecule has 9 nitrogen and oxygen atoms in total. The number of fused-ring (bicyclic) bond motifs is 1. The SMILES string of the molecule is CN1CCN(c2ccc(Nc3ncc4c(=O)n(-c5ccccc5Cl)nc(-c5ccoc5)c4n3)cc2)CC1. The molecule has 0 aliphatic carbocycles. The molecule has 3 aromatic heterocycles. The highest BCUT2D eigenvalue weighted by atomic mass is 35.5. The maximum atomic E-state index is 13.4. The highest BCUT2D eigenvalue weighted by Crippen LogP contribution is 2.27. The van der Waals surface area contributed by atoms with Crippen LogP contribution in [0.25, 0.3) is 27.8 Å². The summed E-state index contributed by atoms with van der Waals surface area (Å²) in [6, 6.07) is 17.0. The Bertz CT molecular complexity index is 1610. The molecule has 5 aromatic rings. The predicted octanol–water partition coefficient (Wildman–Crippen LogP) is 4.58. The standard InChI is InChI=1S/C27H24ClN7O2/c1-33-11-13-34(14-12-33)20-8-6-19(7-9-20)30-27-29-16-21-25(31-27)24(18-10-15-37-17-18)32-35(26(21)36)23-5-3-2-4-22(23)28/h2-10,15-17H,11-14H2,1H3,(H,29,30,31). The molecular formula is C27H24ClN7O2. The van der Waals surface area contributed by atoms with Crippen molar-refractivity contribution in [3.63, 3.8) is 0 Å². The van der Waals surface area contributed by atoms with Crippen LogP contribution in [0.1, 0.15) is 0 Å². The first-order valence-corrected chi connectivity index (χ1v) is 12.3. The van der Waals surface area contributed by atoms with E-state index in [0.717, 1.165) is 31.9 Å². The third-order valence-electron chi connectivity index (χ3n) is 6.50. The Labute approximate surface area is 217 Å². The Morgan fingerprint density at radius 2 is 1.78 bits per heavy atom. The van der Waals surface area contributed by atoms with Crippen molar-refractivity contribution in [2.24, 2.45) is 0 Å². The summed E-state index contributed by atoms with van der Waals surface area (Å²) in [7, 11) is 2.15. The number of piperazine rings is 1. The first-order chi connectivity index (χ1) is 18.1. The van der Waals surface area contributed by atoms with E-state index in [9.17, 15) is 4.79 Å². The third-order valence-corrected chi connectivity index (χ3v) is 6.82. The third kappa shape index (κ3) is 4.54. The van der Waals surface area contributed by atoms with Gasteiger partial charge in [-0.3, -0.25) is 4.79 Å². The Kier molecular flexibility index (Phi) is 6.07. The lowest BCUT2D eigenvalue weighted by Crippen LogP contribution is -2.44. The lowest BCUT2D eigenvalue weighted by atomic mass is 10.2. The lowest BCUT2D eigenvalue weighted by Gasteiger charge is -2.34. The first-order valence-electron chi connectivity index (χ1n) is 11.9. The molecule has 1 aliphatic heterocycles. The van der Waals surface area contributed by atoms with Crippen LogP contribution in [0.4, 0.5) is 17.3 Å². The number of anilines is 3. The molecule has 0 atom stereocenters. The number of rotatable bonds is 5. The van der Waals surface area contributed by atoms with E-state index in [1.54, 1.807) is 42.9 Å². The van der Waals surface area contributed by atoms with Crippen LogP contribution in [0.15, 0.2) is 82.5 Å². The van der Waals surface area contributed by atoms with E-state index in [1.807, 2.05) is 12.1 Å². The summed E-state index contributed by atoms with van der Waals surface area (Å²) in [6.07, 6.45) is 4.63. The van der Waals surface area contributed by atoms with Crippen LogP contribution in [-0.2, 0) is 0 Å². The number of furan rings is 1. The van der Waals surface area contributed by atoms with E-state index in [4.69, 9.17) is 16.0 Å². The monoisotopic (exact) mass is 513 g/mol. The second kappa shape index (κ2) is 9.68. The molecule has 1 aliphatic rings. The maximum absolute atomic E-state index is 13.4. The average molecular weight is 514 g/mol. The van der Waals surface area contributed by atoms with Gasteiger partial charge in [0.1, 0.15) is 11.2 Å². The van der Waals surface area contributed by atoms with Gasteiger partial charge in [-0.1, -0.05) is 23.7 Å². The summed E-state index contributed by atoms with van der Waals surface area (Å²) < 4.78 is 6.57. The van der Waals surface area contributed by atoms with Crippen LogP contribution < -0.4 is 15.8 Å². The zero-order valence-electron chi connectivity index (χ0n) is 20.1. The molecule has 1 fully saturated rings. The van der Waals surface area contributed by atoms with Crippen LogP contribution in [0.2, 0.25) is 5.02 Å². The van der Waals surface area contributed by atoms with E-state index in [-0.39, 0.29) is 5.56 Å². The maximum Gasteiger partial charge on any atom is 0.282 e. The minimum atomic E-state index is -0.363. The van der Waals surface area contributed by atoms with Crippen molar-refractivity contribution in [2.45, 2.75) is 0 Å². The molecule has 0 amide bonds. The smallest absolute Gasteiger partial charge is 0.282 e. The molecular weight excluding hydrogens is 490 g/mol. The first kappa shape index (κ1) is 23.2. The van der Waals surface area contributed by atoms with Crippen LogP contribution in [0.5, 0.6) is 0 Å². The van der Waals surface area contributed by atoms with Crippen LogP contribution >= 0.6 is 11.6 Å². The summed E-state index contributed by atoms with van der Waals surface area (Å²) in [6.45, 7) is 4.12. The van der Waals surface area contributed by atoms with Gasteiger partial charge in [-0.2, -0.15) is 9.78 Å². The van der Waals surface area contributed by atoms with E-state index in [0.29, 0.717) is 38.8 Å². The van der Waals surface area contributed by atoms with Gasteiger partial charge in [0.05, 0.1) is 28.6 Å².